The third kappa shape index (κ3) is 4.23. The maximum Gasteiger partial charge on any atom is 0.265 e. The van der Waals surface area contributed by atoms with E-state index >= 15 is 0 Å². The van der Waals surface area contributed by atoms with Crippen LogP contribution in [0.5, 0.6) is 0 Å². The summed E-state index contributed by atoms with van der Waals surface area (Å²) in [5, 5.41) is 4.86. The van der Waals surface area contributed by atoms with Gasteiger partial charge >= 0.3 is 0 Å². The zero-order valence-corrected chi connectivity index (χ0v) is 16.1. The molecule has 134 valence electrons. The molecule has 1 aromatic carbocycles. The normalized spacial score (nSPS) is 18.9. The van der Waals surface area contributed by atoms with Gasteiger partial charge in [0.1, 0.15) is 0 Å². The summed E-state index contributed by atoms with van der Waals surface area (Å²) in [4.78, 5) is 12.9. The summed E-state index contributed by atoms with van der Waals surface area (Å²) in [6, 6.07) is 8.20. The summed E-state index contributed by atoms with van der Waals surface area (Å²) in [6.07, 6.45) is 1.92. The molecule has 1 fully saturated rings. The number of benzene rings is 1. The molecular weight excluding hydrogens is 380 g/mol. The lowest BCUT2D eigenvalue weighted by molar-refractivity contribution is 0.103. The lowest BCUT2D eigenvalue weighted by atomic mass is 10.0. The number of halogens is 1. The van der Waals surface area contributed by atoms with Crippen molar-refractivity contribution < 1.29 is 13.2 Å². The summed E-state index contributed by atoms with van der Waals surface area (Å²) >= 11 is 6.95. The maximum absolute atomic E-state index is 12.8. The molecule has 1 aromatic heterocycles. The van der Waals surface area contributed by atoms with Gasteiger partial charge in [0.2, 0.25) is 10.0 Å². The molecule has 0 saturated carbocycles. The molecule has 0 bridgehead atoms. The first-order valence-electron chi connectivity index (χ1n) is 8.02. The van der Waals surface area contributed by atoms with Gasteiger partial charge in [-0.05, 0) is 49.1 Å². The van der Waals surface area contributed by atoms with Crippen LogP contribution in [-0.4, -0.2) is 31.7 Å². The van der Waals surface area contributed by atoms with Crippen molar-refractivity contribution >= 4 is 44.6 Å². The molecule has 1 aliphatic rings. The molecule has 3 rings (SSSR count). The number of hydrogen-bond acceptors (Lipinski definition) is 4. The Labute approximate surface area is 156 Å². The summed E-state index contributed by atoms with van der Waals surface area (Å²) in [5.74, 6) is 0.0237. The molecule has 1 amide bonds. The fraction of sp³-hybridized carbons (Fsp3) is 0.353. The maximum atomic E-state index is 12.8. The Morgan fingerprint density at radius 1 is 1.32 bits per heavy atom. The number of piperidine rings is 1. The lowest BCUT2D eigenvalue weighted by Gasteiger charge is -2.29. The number of amides is 1. The van der Waals surface area contributed by atoms with Crippen LogP contribution in [0.3, 0.4) is 0 Å². The molecule has 25 heavy (non-hydrogen) atoms. The van der Waals surface area contributed by atoms with E-state index in [1.54, 1.807) is 24.3 Å². The van der Waals surface area contributed by atoms with Crippen LogP contribution in [0.25, 0.3) is 0 Å². The number of thiophene rings is 1. The van der Waals surface area contributed by atoms with E-state index in [0.717, 1.165) is 24.2 Å². The zero-order chi connectivity index (χ0) is 18.0. The van der Waals surface area contributed by atoms with Gasteiger partial charge in [-0.25, -0.2) is 8.42 Å². The Balaban J connectivity index is 1.75. The van der Waals surface area contributed by atoms with Gasteiger partial charge in [0, 0.05) is 29.2 Å². The number of anilines is 1. The Bertz CT molecular complexity index is 862. The minimum Gasteiger partial charge on any atom is -0.321 e. The first-order chi connectivity index (χ1) is 11.9. The first kappa shape index (κ1) is 18.4. The van der Waals surface area contributed by atoms with Crippen LogP contribution >= 0.6 is 22.9 Å². The highest BCUT2D eigenvalue weighted by Crippen LogP contribution is 2.27. The van der Waals surface area contributed by atoms with E-state index in [4.69, 9.17) is 11.6 Å². The highest BCUT2D eigenvalue weighted by Gasteiger charge is 2.30. The molecule has 1 aliphatic heterocycles. The Hall–Kier alpha value is -1.41. The average Bonchev–Trinajstić information content (AvgIpc) is 3.08. The fourth-order valence-electron chi connectivity index (χ4n) is 2.81. The van der Waals surface area contributed by atoms with Crippen LogP contribution in [0.2, 0.25) is 5.02 Å². The standard InChI is InChI=1S/C17H19ClN2O3S2/c1-12-3-2-8-20(10-12)25(22,23)15-9-16(24-11-15)17(21)19-14-6-4-13(18)5-7-14/h4-7,9,11-12H,2-3,8,10H2,1H3,(H,19,21)/t12-/m1/s1. The Morgan fingerprint density at radius 2 is 2.04 bits per heavy atom. The number of sulfonamides is 1. The van der Waals surface area contributed by atoms with Crippen LogP contribution in [0.4, 0.5) is 5.69 Å². The van der Waals surface area contributed by atoms with Crippen LogP contribution in [0.1, 0.15) is 29.4 Å². The summed E-state index contributed by atoms with van der Waals surface area (Å²) < 4.78 is 27.0. The zero-order valence-electron chi connectivity index (χ0n) is 13.7. The largest absolute Gasteiger partial charge is 0.321 e. The number of carbonyl (C=O) groups excluding carboxylic acids is 1. The molecule has 5 nitrogen and oxygen atoms in total. The minimum atomic E-state index is -3.54. The summed E-state index contributed by atoms with van der Waals surface area (Å²) in [7, 11) is -3.54. The SMILES string of the molecule is C[C@@H]1CCCN(S(=O)(=O)c2csc(C(=O)Nc3ccc(Cl)cc3)c2)C1. The molecule has 8 heteroatoms. The Kier molecular flexibility index (Phi) is 5.48. The van der Waals surface area contributed by atoms with Gasteiger partial charge in [-0.15, -0.1) is 11.3 Å². The van der Waals surface area contributed by atoms with Crippen molar-refractivity contribution in [1.29, 1.82) is 0 Å². The predicted octanol–water partition coefficient (Wildman–Crippen LogP) is 4.07. The van der Waals surface area contributed by atoms with Crippen LogP contribution in [0.15, 0.2) is 40.6 Å². The van der Waals surface area contributed by atoms with Crippen molar-refractivity contribution in [2.45, 2.75) is 24.7 Å². The molecular formula is C17H19ClN2O3S2. The van der Waals surface area contributed by atoms with E-state index < -0.39 is 10.0 Å². The number of carbonyl (C=O) groups is 1. The van der Waals surface area contributed by atoms with Crippen LogP contribution < -0.4 is 5.32 Å². The lowest BCUT2D eigenvalue weighted by Crippen LogP contribution is -2.38. The topological polar surface area (TPSA) is 66.5 Å². The van der Waals surface area contributed by atoms with Gasteiger partial charge in [-0.1, -0.05) is 18.5 Å². The van der Waals surface area contributed by atoms with Crippen molar-refractivity contribution in [2.75, 3.05) is 18.4 Å². The van der Waals surface area contributed by atoms with E-state index in [9.17, 15) is 13.2 Å². The van der Waals surface area contributed by atoms with E-state index in [0.29, 0.717) is 34.6 Å². The summed E-state index contributed by atoms with van der Waals surface area (Å²) in [5.41, 5.74) is 0.608. The molecule has 0 spiro atoms. The van der Waals surface area contributed by atoms with Gasteiger partial charge in [0.05, 0.1) is 9.77 Å². The third-order valence-electron chi connectivity index (χ3n) is 4.16. The quantitative estimate of drug-likeness (QED) is 0.843. The van der Waals surface area contributed by atoms with Gasteiger partial charge < -0.3 is 5.32 Å². The number of hydrogen-bond donors (Lipinski definition) is 1. The fourth-order valence-corrected chi connectivity index (χ4v) is 5.69. The van der Waals surface area contributed by atoms with Crippen molar-refractivity contribution in [3.05, 3.63) is 45.6 Å². The summed E-state index contributed by atoms with van der Waals surface area (Å²) in [6.45, 7) is 3.12. The molecule has 2 aromatic rings. The smallest absolute Gasteiger partial charge is 0.265 e. The van der Waals surface area contributed by atoms with Gasteiger partial charge in [0.25, 0.3) is 5.91 Å². The van der Waals surface area contributed by atoms with Crippen LogP contribution in [0, 0.1) is 5.92 Å². The number of rotatable bonds is 4. The third-order valence-corrected chi connectivity index (χ3v) is 7.33. The molecule has 0 radical (unpaired) electrons. The molecule has 1 N–H and O–H groups in total. The van der Waals surface area contributed by atoms with Gasteiger partial charge in [-0.3, -0.25) is 4.79 Å². The van der Waals surface area contributed by atoms with Crippen LogP contribution in [-0.2, 0) is 10.0 Å². The number of nitrogens with one attached hydrogen (secondary N) is 1. The monoisotopic (exact) mass is 398 g/mol. The minimum absolute atomic E-state index is 0.188. The average molecular weight is 399 g/mol. The van der Waals surface area contributed by atoms with Crippen molar-refractivity contribution in [1.82, 2.24) is 4.31 Å². The highest BCUT2D eigenvalue weighted by molar-refractivity contribution is 7.89. The van der Waals surface area contributed by atoms with E-state index in [1.165, 1.54) is 15.8 Å². The van der Waals surface area contributed by atoms with E-state index in [2.05, 4.69) is 12.2 Å². The van der Waals surface area contributed by atoms with E-state index in [1.807, 2.05) is 0 Å². The second-order valence-electron chi connectivity index (χ2n) is 6.22. The van der Waals surface area contributed by atoms with Crippen molar-refractivity contribution in [3.8, 4) is 0 Å². The van der Waals surface area contributed by atoms with Gasteiger partial charge in [-0.2, -0.15) is 4.31 Å². The highest BCUT2D eigenvalue weighted by atomic mass is 35.5. The molecule has 0 unspecified atom stereocenters. The predicted molar refractivity (Wildman–Crippen MR) is 101 cm³/mol. The number of nitrogens with zero attached hydrogens (tertiary/aromatic N) is 1. The molecule has 1 saturated heterocycles. The second-order valence-corrected chi connectivity index (χ2v) is 9.50. The van der Waals surface area contributed by atoms with Crippen molar-refractivity contribution in [3.63, 3.8) is 0 Å². The van der Waals surface area contributed by atoms with Gasteiger partial charge in [0.15, 0.2) is 0 Å². The molecule has 2 heterocycles. The van der Waals surface area contributed by atoms with Crippen molar-refractivity contribution in [2.24, 2.45) is 5.92 Å². The second kappa shape index (κ2) is 7.45. The first-order valence-corrected chi connectivity index (χ1v) is 10.7. The molecule has 1 atom stereocenters. The Morgan fingerprint density at radius 3 is 2.72 bits per heavy atom. The van der Waals surface area contributed by atoms with E-state index in [-0.39, 0.29) is 10.8 Å². The molecule has 0 aliphatic carbocycles.